The summed E-state index contributed by atoms with van der Waals surface area (Å²) in [5.41, 5.74) is 6.89. The van der Waals surface area contributed by atoms with Gasteiger partial charge in [-0.2, -0.15) is 0 Å². The molecule has 1 amide bonds. The number of amides is 1. The van der Waals surface area contributed by atoms with Crippen LogP contribution in [0.25, 0.3) is 0 Å². The lowest BCUT2D eigenvalue weighted by Crippen LogP contribution is -2.41. The summed E-state index contributed by atoms with van der Waals surface area (Å²) in [6.45, 7) is 0. The van der Waals surface area contributed by atoms with Crippen molar-refractivity contribution < 1.29 is 4.79 Å². The molecule has 1 aliphatic carbocycles. The van der Waals surface area contributed by atoms with Crippen LogP contribution in [0, 0.1) is 0 Å². The summed E-state index contributed by atoms with van der Waals surface area (Å²) < 4.78 is 1.04. The summed E-state index contributed by atoms with van der Waals surface area (Å²) in [5.74, 6) is 0.109. The van der Waals surface area contributed by atoms with Crippen LogP contribution in [0.2, 0.25) is 0 Å². The van der Waals surface area contributed by atoms with Crippen molar-refractivity contribution in [3.05, 3.63) is 34.3 Å². The third kappa shape index (κ3) is 4.10. The Kier molecular flexibility index (Phi) is 4.78. The van der Waals surface area contributed by atoms with Crippen molar-refractivity contribution in [1.29, 1.82) is 0 Å². The van der Waals surface area contributed by atoms with Crippen molar-refractivity contribution in [1.82, 2.24) is 5.32 Å². The lowest BCUT2D eigenvalue weighted by atomic mass is 9.91. The molecule has 1 aliphatic rings. The molecule has 1 saturated carbocycles. The molecule has 1 fully saturated rings. The summed E-state index contributed by atoms with van der Waals surface area (Å²) >= 11 is 3.38. The first-order chi connectivity index (χ1) is 8.63. The molecule has 0 atom stereocenters. The van der Waals surface area contributed by atoms with Gasteiger partial charge in [0.05, 0.1) is 6.42 Å². The summed E-state index contributed by atoms with van der Waals surface area (Å²) in [4.78, 5) is 11.9. The van der Waals surface area contributed by atoms with Crippen molar-refractivity contribution in [3.63, 3.8) is 0 Å². The van der Waals surface area contributed by atoms with Crippen LogP contribution in [0.15, 0.2) is 28.7 Å². The van der Waals surface area contributed by atoms with Gasteiger partial charge in [0.15, 0.2) is 0 Å². The average Bonchev–Trinajstić information content (AvgIpc) is 2.35. The maximum absolute atomic E-state index is 11.9. The van der Waals surface area contributed by atoms with Gasteiger partial charge < -0.3 is 11.1 Å². The second kappa shape index (κ2) is 6.34. The minimum absolute atomic E-state index is 0.109. The first-order valence-electron chi connectivity index (χ1n) is 6.43. The van der Waals surface area contributed by atoms with Crippen LogP contribution >= 0.6 is 15.9 Å². The Morgan fingerprint density at radius 3 is 2.44 bits per heavy atom. The van der Waals surface area contributed by atoms with Gasteiger partial charge in [0.2, 0.25) is 5.91 Å². The minimum atomic E-state index is 0.109. The molecule has 98 valence electrons. The molecule has 1 aromatic rings. The first-order valence-corrected chi connectivity index (χ1v) is 7.22. The minimum Gasteiger partial charge on any atom is -0.353 e. The predicted octanol–water partition coefficient (Wildman–Crippen LogP) is 2.38. The molecule has 0 spiro atoms. The van der Waals surface area contributed by atoms with E-state index in [-0.39, 0.29) is 5.91 Å². The Morgan fingerprint density at radius 1 is 1.22 bits per heavy atom. The van der Waals surface area contributed by atoms with Crippen LogP contribution in [-0.2, 0) is 11.2 Å². The number of benzene rings is 1. The van der Waals surface area contributed by atoms with Crippen LogP contribution in [0.1, 0.15) is 31.2 Å². The van der Waals surface area contributed by atoms with E-state index in [1.165, 1.54) is 0 Å². The lowest BCUT2D eigenvalue weighted by molar-refractivity contribution is -0.121. The molecule has 0 bridgehead atoms. The Balaban J connectivity index is 1.80. The molecule has 3 nitrogen and oxygen atoms in total. The third-order valence-electron chi connectivity index (χ3n) is 3.41. The van der Waals surface area contributed by atoms with Gasteiger partial charge in [0, 0.05) is 16.6 Å². The van der Waals surface area contributed by atoms with Gasteiger partial charge in [0.25, 0.3) is 0 Å². The normalized spacial score (nSPS) is 23.7. The second-order valence-electron chi connectivity index (χ2n) is 4.98. The molecule has 0 heterocycles. The second-order valence-corrected chi connectivity index (χ2v) is 5.90. The highest BCUT2D eigenvalue weighted by molar-refractivity contribution is 9.10. The van der Waals surface area contributed by atoms with E-state index in [9.17, 15) is 4.79 Å². The Morgan fingerprint density at radius 2 is 1.83 bits per heavy atom. The number of halogens is 1. The van der Waals surface area contributed by atoms with Crippen LogP contribution in [-0.4, -0.2) is 18.0 Å². The summed E-state index contributed by atoms with van der Waals surface area (Å²) in [6, 6.07) is 8.50. The van der Waals surface area contributed by atoms with Crippen molar-refractivity contribution in [2.75, 3.05) is 0 Å². The van der Waals surface area contributed by atoms with Gasteiger partial charge in [-0.1, -0.05) is 28.1 Å². The predicted molar refractivity (Wildman–Crippen MR) is 76.2 cm³/mol. The Bertz CT molecular complexity index is 397. The third-order valence-corrected chi connectivity index (χ3v) is 3.94. The van der Waals surface area contributed by atoms with Crippen molar-refractivity contribution in [2.24, 2.45) is 5.73 Å². The van der Waals surface area contributed by atoms with E-state index in [4.69, 9.17) is 5.73 Å². The fourth-order valence-corrected chi connectivity index (χ4v) is 2.59. The van der Waals surface area contributed by atoms with Gasteiger partial charge in [-0.25, -0.2) is 0 Å². The average molecular weight is 311 g/mol. The van der Waals surface area contributed by atoms with E-state index in [1.807, 2.05) is 24.3 Å². The van der Waals surface area contributed by atoms with Gasteiger partial charge in [-0.05, 0) is 43.4 Å². The van der Waals surface area contributed by atoms with Crippen molar-refractivity contribution >= 4 is 21.8 Å². The molecule has 3 N–H and O–H groups in total. The number of carbonyl (C=O) groups is 1. The molecular weight excluding hydrogens is 292 g/mol. The fraction of sp³-hybridized carbons (Fsp3) is 0.500. The Hall–Kier alpha value is -0.870. The molecule has 0 unspecified atom stereocenters. The molecule has 0 saturated heterocycles. The van der Waals surface area contributed by atoms with E-state index in [0.717, 1.165) is 35.7 Å². The summed E-state index contributed by atoms with van der Waals surface area (Å²) in [7, 11) is 0. The topological polar surface area (TPSA) is 55.1 Å². The van der Waals surface area contributed by atoms with E-state index in [1.54, 1.807) is 0 Å². The summed E-state index contributed by atoms with van der Waals surface area (Å²) in [6.07, 6.45) is 4.50. The van der Waals surface area contributed by atoms with Gasteiger partial charge in [-0.15, -0.1) is 0 Å². The number of nitrogens with one attached hydrogen (secondary N) is 1. The molecule has 1 aromatic carbocycles. The number of hydrogen-bond acceptors (Lipinski definition) is 2. The van der Waals surface area contributed by atoms with Gasteiger partial charge >= 0.3 is 0 Å². The lowest BCUT2D eigenvalue weighted by Gasteiger charge is -2.26. The smallest absolute Gasteiger partial charge is 0.224 e. The number of rotatable bonds is 3. The highest BCUT2D eigenvalue weighted by Gasteiger charge is 2.19. The zero-order chi connectivity index (χ0) is 13.0. The number of carbonyl (C=O) groups excluding carboxylic acids is 1. The largest absolute Gasteiger partial charge is 0.353 e. The Labute approximate surface area is 116 Å². The zero-order valence-electron chi connectivity index (χ0n) is 10.4. The monoisotopic (exact) mass is 310 g/mol. The highest BCUT2D eigenvalue weighted by atomic mass is 79.9. The molecule has 4 heteroatoms. The molecule has 0 aliphatic heterocycles. The number of hydrogen-bond donors (Lipinski definition) is 2. The van der Waals surface area contributed by atoms with Crippen molar-refractivity contribution in [3.8, 4) is 0 Å². The van der Waals surface area contributed by atoms with E-state index >= 15 is 0 Å². The first kappa shape index (κ1) is 13.6. The maximum atomic E-state index is 11.9. The molecule has 2 rings (SSSR count). The fourth-order valence-electron chi connectivity index (χ4n) is 2.33. The quantitative estimate of drug-likeness (QED) is 0.900. The zero-order valence-corrected chi connectivity index (χ0v) is 11.9. The maximum Gasteiger partial charge on any atom is 0.224 e. The molecule has 0 radical (unpaired) electrons. The molecule has 0 aromatic heterocycles. The summed E-state index contributed by atoms with van der Waals surface area (Å²) in [5, 5.41) is 3.10. The standard InChI is InChI=1S/C14H19BrN2O/c15-11-3-1-10(2-4-11)9-14(18)17-13-7-5-12(16)6-8-13/h1-4,12-13H,5-9,16H2,(H,17,18). The van der Waals surface area contributed by atoms with Gasteiger partial charge in [-0.3, -0.25) is 4.79 Å². The van der Waals surface area contributed by atoms with E-state index in [2.05, 4.69) is 21.2 Å². The molecule has 18 heavy (non-hydrogen) atoms. The van der Waals surface area contributed by atoms with Gasteiger partial charge in [0.1, 0.15) is 0 Å². The van der Waals surface area contributed by atoms with E-state index < -0.39 is 0 Å². The molecular formula is C14H19BrN2O. The highest BCUT2D eigenvalue weighted by Crippen LogP contribution is 2.17. The van der Waals surface area contributed by atoms with Crippen molar-refractivity contribution in [2.45, 2.75) is 44.2 Å². The SMILES string of the molecule is NC1CCC(NC(=O)Cc2ccc(Br)cc2)CC1. The van der Waals surface area contributed by atoms with Crippen LogP contribution in [0.4, 0.5) is 0 Å². The van der Waals surface area contributed by atoms with Crippen LogP contribution < -0.4 is 11.1 Å². The van der Waals surface area contributed by atoms with Crippen LogP contribution in [0.5, 0.6) is 0 Å². The van der Waals surface area contributed by atoms with E-state index in [0.29, 0.717) is 18.5 Å². The number of nitrogens with two attached hydrogens (primary N) is 1. The van der Waals surface area contributed by atoms with Crippen LogP contribution in [0.3, 0.4) is 0 Å².